The fraction of sp³-hybridized carbons (Fsp3) is 0.533. The number of nitrogens with two attached hydrogens (primary N) is 1. The molecule has 0 radical (unpaired) electrons. The van der Waals surface area contributed by atoms with Crippen LogP contribution in [0.2, 0.25) is 0 Å². The van der Waals surface area contributed by atoms with Crippen molar-refractivity contribution in [3.8, 4) is 0 Å². The molecule has 1 aromatic carbocycles. The minimum atomic E-state index is -3.06. The van der Waals surface area contributed by atoms with Crippen molar-refractivity contribution >= 4 is 27.1 Å². The normalized spacial score (nSPS) is 11.6. The van der Waals surface area contributed by atoms with Gasteiger partial charge < -0.3 is 11.1 Å². The monoisotopic (exact) mass is 312 g/mol. The Bertz CT molecular complexity index is 595. The van der Waals surface area contributed by atoms with E-state index in [1.54, 1.807) is 18.2 Å². The van der Waals surface area contributed by atoms with E-state index < -0.39 is 9.84 Å². The molecule has 3 N–H and O–H groups in total. The van der Waals surface area contributed by atoms with Crippen LogP contribution in [-0.4, -0.2) is 25.8 Å². The van der Waals surface area contributed by atoms with Crippen molar-refractivity contribution in [1.29, 1.82) is 0 Å². The fourth-order valence-corrected chi connectivity index (χ4v) is 3.85. The molecule has 0 atom stereocenters. The Labute approximate surface area is 126 Å². The van der Waals surface area contributed by atoms with E-state index in [-0.39, 0.29) is 29.8 Å². The molecule has 0 saturated heterocycles. The van der Waals surface area contributed by atoms with Gasteiger partial charge in [0.15, 0.2) is 9.84 Å². The lowest BCUT2D eigenvalue weighted by atomic mass is 10.1. The molecule has 118 valence electrons. The number of nitrogens with one attached hydrogen (secondary N) is 1. The second kappa shape index (κ2) is 7.45. The maximum Gasteiger partial charge on any atom is 0.224 e. The summed E-state index contributed by atoms with van der Waals surface area (Å²) in [6.07, 6.45) is 0.538. The summed E-state index contributed by atoms with van der Waals surface area (Å²) >= 11 is 0. The Morgan fingerprint density at radius 1 is 1.33 bits per heavy atom. The van der Waals surface area contributed by atoms with Crippen molar-refractivity contribution in [2.45, 2.75) is 33.6 Å². The largest absolute Gasteiger partial charge is 0.399 e. The molecule has 0 bridgehead atoms. The van der Waals surface area contributed by atoms with E-state index in [2.05, 4.69) is 5.32 Å². The number of carbonyl (C=O) groups is 1. The first-order chi connectivity index (χ1) is 9.69. The fourth-order valence-electron chi connectivity index (χ4n) is 2.08. The molecule has 0 fully saturated rings. The van der Waals surface area contributed by atoms with Crippen LogP contribution in [0.15, 0.2) is 18.2 Å². The third-order valence-corrected chi connectivity index (χ3v) is 5.06. The van der Waals surface area contributed by atoms with Crippen molar-refractivity contribution in [1.82, 2.24) is 0 Å². The van der Waals surface area contributed by atoms with Crippen LogP contribution in [0, 0.1) is 12.8 Å². The number of nitrogen functional groups attached to an aromatic ring is 1. The third-order valence-electron chi connectivity index (χ3n) is 2.97. The summed E-state index contributed by atoms with van der Waals surface area (Å²) in [4.78, 5) is 11.8. The van der Waals surface area contributed by atoms with E-state index in [1.807, 2.05) is 20.8 Å². The number of sulfone groups is 1. The second-order valence-corrected chi connectivity index (χ2v) is 7.96. The minimum Gasteiger partial charge on any atom is -0.399 e. The summed E-state index contributed by atoms with van der Waals surface area (Å²) in [7, 11) is -3.06. The van der Waals surface area contributed by atoms with Crippen LogP contribution in [0.4, 0.5) is 11.4 Å². The summed E-state index contributed by atoms with van der Waals surface area (Å²) in [6.45, 7) is 5.60. The Hall–Kier alpha value is -1.56. The van der Waals surface area contributed by atoms with Gasteiger partial charge >= 0.3 is 0 Å². The molecule has 1 amide bonds. The topological polar surface area (TPSA) is 89.3 Å². The zero-order valence-electron chi connectivity index (χ0n) is 12.8. The summed E-state index contributed by atoms with van der Waals surface area (Å²) in [5, 5.41) is 2.78. The smallest absolute Gasteiger partial charge is 0.224 e. The zero-order valence-corrected chi connectivity index (χ0v) is 13.7. The maximum absolute atomic E-state index is 11.8. The molecule has 0 spiro atoms. The van der Waals surface area contributed by atoms with Crippen molar-refractivity contribution in [2.24, 2.45) is 5.92 Å². The highest BCUT2D eigenvalue weighted by Gasteiger charge is 2.14. The lowest BCUT2D eigenvalue weighted by Gasteiger charge is -2.09. The second-order valence-electron chi connectivity index (χ2n) is 5.73. The number of amides is 1. The van der Waals surface area contributed by atoms with E-state index >= 15 is 0 Å². The molecule has 0 aromatic heterocycles. The van der Waals surface area contributed by atoms with Crippen LogP contribution in [0.3, 0.4) is 0 Å². The predicted molar refractivity (Wildman–Crippen MR) is 86.9 cm³/mol. The average molecular weight is 312 g/mol. The molecule has 6 heteroatoms. The van der Waals surface area contributed by atoms with Crippen LogP contribution in [-0.2, 0) is 14.6 Å². The molecule has 0 saturated carbocycles. The first-order valence-corrected chi connectivity index (χ1v) is 8.88. The molecule has 1 aromatic rings. The van der Waals surface area contributed by atoms with Gasteiger partial charge in [0.05, 0.1) is 11.5 Å². The summed E-state index contributed by atoms with van der Waals surface area (Å²) < 4.78 is 23.5. The molecule has 21 heavy (non-hydrogen) atoms. The van der Waals surface area contributed by atoms with Crippen molar-refractivity contribution < 1.29 is 13.2 Å². The third kappa shape index (κ3) is 6.62. The number of hydrogen-bond donors (Lipinski definition) is 2. The van der Waals surface area contributed by atoms with Gasteiger partial charge in [-0.25, -0.2) is 8.42 Å². The van der Waals surface area contributed by atoms with Crippen molar-refractivity contribution in [2.75, 3.05) is 22.6 Å². The summed E-state index contributed by atoms with van der Waals surface area (Å²) in [5.41, 5.74) is 7.88. The lowest BCUT2D eigenvalue weighted by Crippen LogP contribution is -2.18. The molecule has 0 aliphatic carbocycles. The molecule has 0 aliphatic heterocycles. The van der Waals surface area contributed by atoms with Crippen LogP contribution in [0.1, 0.15) is 32.3 Å². The minimum absolute atomic E-state index is 0.0549. The molecular formula is C15H24N2O3S. The van der Waals surface area contributed by atoms with E-state index in [1.165, 1.54) is 0 Å². The Kier molecular flexibility index (Phi) is 6.20. The van der Waals surface area contributed by atoms with E-state index in [9.17, 15) is 13.2 Å². The first kappa shape index (κ1) is 17.5. The number of carbonyl (C=O) groups excluding carboxylic acids is 1. The van der Waals surface area contributed by atoms with Gasteiger partial charge in [-0.1, -0.05) is 13.8 Å². The standard InChI is InChI=1S/C15H24N2O3S/c1-11(2)10-21(19,20)8-4-5-15(18)17-14-7-6-13(16)9-12(14)3/h6-7,9,11H,4-5,8,10,16H2,1-3H3,(H,17,18). The van der Waals surface area contributed by atoms with Gasteiger partial charge in [0.1, 0.15) is 0 Å². The molecule has 0 aliphatic rings. The molecule has 1 rings (SSSR count). The molecule has 0 unspecified atom stereocenters. The number of anilines is 2. The van der Waals surface area contributed by atoms with Crippen LogP contribution in [0.25, 0.3) is 0 Å². The summed E-state index contributed by atoms with van der Waals surface area (Å²) in [6, 6.07) is 5.25. The van der Waals surface area contributed by atoms with Gasteiger partial charge in [0.2, 0.25) is 5.91 Å². The molecule has 0 heterocycles. The van der Waals surface area contributed by atoms with Crippen molar-refractivity contribution in [3.63, 3.8) is 0 Å². The maximum atomic E-state index is 11.8. The van der Waals surface area contributed by atoms with Crippen LogP contribution in [0.5, 0.6) is 0 Å². The number of benzene rings is 1. The SMILES string of the molecule is Cc1cc(N)ccc1NC(=O)CCCS(=O)(=O)CC(C)C. The Morgan fingerprint density at radius 2 is 2.00 bits per heavy atom. The quantitative estimate of drug-likeness (QED) is 0.756. The van der Waals surface area contributed by atoms with E-state index in [4.69, 9.17) is 5.73 Å². The van der Waals surface area contributed by atoms with Gasteiger partial charge in [0.25, 0.3) is 0 Å². The van der Waals surface area contributed by atoms with Crippen LogP contribution < -0.4 is 11.1 Å². The first-order valence-electron chi connectivity index (χ1n) is 7.06. The lowest BCUT2D eigenvalue weighted by molar-refractivity contribution is -0.116. The highest BCUT2D eigenvalue weighted by Crippen LogP contribution is 2.18. The molecule has 5 nitrogen and oxygen atoms in total. The number of hydrogen-bond acceptors (Lipinski definition) is 4. The highest BCUT2D eigenvalue weighted by molar-refractivity contribution is 7.91. The van der Waals surface area contributed by atoms with Gasteiger partial charge in [-0.2, -0.15) is 0 Å². The van der Waals surface area contributed by atoms with Gasteiger partial charge in [-0.15, -0.1) is 0 Å². The average Bonchev–Trinajstić information content (AvgIpc) is 2.30. The van der Waals surface area contributed by atoms with Gasteiger partial charge in [0, 0.05) is 17.8 Å². The number of rotatable bonds is 7. The van der Waals surface area contributed by atoms with E-state index in [0.29, 0.717) is 17.8 Å². The van der Waals surface area contributed by atoms with E-state index in [0.717, 1.165) is 5.56 Å². The predicted octanol–water partition coefficient (Wildman–Crippen LogP) is 2.37. The zero-order chi connectivity index (χ0) is 16.0. The van der Waals surface area contributed by atoms with Gasteiger partial charge in [-0.3, -0.25) is 4.79 Å². The summed E-state index contributed by atoms with van der Waals surface area (Å²) in [5.74, 6) is 0.161. The Balaban J connectivity index is 2.45. The highest BCUT2D eigenvalue weighted by atomic mass is 32.2. The molecular weight excluding hydrogens is 288 g/mol. The van der Waals surface area contributed by atoms with Crippen LogP contribution >= 0.6 is 0 Å². The number of aryl methyl sites for hydroxylation is 1. The van der Waals surface area contributed by atoms with Gasteiger partial charge in [-0.05, 0) is 43.0 Å². The van der Waals surface area contributed by atoms with Crippen molar-refractivity contribution in [3.05, 3.63) is 23.8 Å². The Morgan fingerprint density at radius 3 is 2.57 bits per heavy atom.